The Morgan fingerprint density at radius 2 is 1.63 bits per heavy atom. The number of fused-ring (bicyclic) bond motifs is 1. The zero-order valence-electron chi connectivity index (χ0n) is 10.5. The second kappa shape index (κ2) is 4.60. The number of aryl methyl sites for hydroxylation is 1. The van der Waals surface area contributed by atoms with Gasteiger partial charge in [-0.1, -0.05) is 54.1 Å². The van der Waals surface area contributed by atoms with E-state index in [1.807, 2.05) is 18.2 Å². The molecule has 0 saturated heterocycles. The predicted molar refractivity (Wildman–Crippen MR) is 80.8 cm³/mol. The van der Waals surface area contributed by atoms with Gasteiger partial charge in [-0.05, 0) is 46.5 Å². The first-order valence-electron chi connectivity index (χ1n) is 6.14. The SMILES string of the molecule is Cc1ccc(-c2ccc(O)c(Cl)c2)c2ccccc12. The molecule has 3 rings (SSSR count). The highest BCUT2D eigenvalue weighted by Crippen LogP contribution is 2.34. The molecule has 0 spiro atoms. The lowest BCUT2D eigenvalue weighted by Crippen LogP contribution is -1.84. The Morgan fingerprint density at radius 3 is 2.37 bits per heavy atom. The lowest BCUT2D eigenvalue weighted by molar-refractivity contribution is 0.475. The topological polar surface area (TPSA) is 20.2 Å². The van der Waals surface area contributed by atoms with Gasteiger partial charge in [0.1, 0.15) is 5.75 Å². The molecule has 0 fully saturated rings. The Morgan fingerprint density at radius 1 is 0.895 bits per heavy atom. The van der Waals surface area contributed by atoms with Crippen molar-refractivity contribution in [2.75, 3.05) is 0 Å². The van der Waals surface area contributed by atoms with Crippen LogP contribution >= 0.6 is 11.6 Å². The van der Waals surface area contributed by atoms with Gasteiger partial charge in [0.25, 0.3) is 0 Å². The first-order chi connectivity index (χ1) is 9.16. The summed E-state index contributed by atoms with van der Waals surface area (Å²) in [5.74, 6) is 0.113. The smallest absolute Gasteiger partial charge is 0.134 e. The van der Waals surface area contributed by atoms with Gasteiger partial charge < -0.3 is 5.11 Å². The van der Waals surface area contributed by atoms with Crippen molar-refractivity contribution in [1.82, 2.24) is 0 Å². The summed E-state index contributed by atoms with van der Waals surface area (Å²) in [5.41, 5.74) is 3.39. The van der Waals surface area contributed by atoms with Crippen LogP contribution in [0.2, 0.25) is 5.02 Å². The van der Waals surface area contributed by atoms with Crippen molar-refractivity contribution in [3.63, 3.8) is 0 Å². The molecule has 0 amide bonds. The number of rotatable bonds is 1. The summed E-state index contributed by atoms with van der Waals surface area (Å²) in [6.07, 6.45) is 0. The van der Waals surface area contributed by atoms with Gasteiger partial charge >= 0.3 is 0 Å². The third-order valence-electron chi connectivity index (χ3n) is 3.40. The van der Waals surface area contributed by atoms with E-state index in [1.165, 1.54) is 16.3 Å². The zero-order chi connectivity index (χ0) is 13.4. The van der Waals surface area contributed by atoms with Crippen LogP contribution in [0, 0.1) is 6.92 Å². The molecule has 1 N–H and O–H groups in total. The predicted octanol–water partition coefficient (Wildman–Crippen LogP) is 5.17. The van der Waals surface area contributed by atoms with Crippen LogP contribution in [-0.4, -0.2) is 5.11 Å². The van der Waals surface area contributed by atoms with Crippen molar-refractivity contribution in [2.24, 2.45) is 0 Å². The minimum absolute atomic E-state index is 0.113. The van der Waals surface area contributed by atoms with Gasteiger partial charge in [0.05, 0.1) is 5.02 Å². The summed E-state index contributed by atoms with van der Waals surface area (Å²) < 4.78 is 0. The van der Waals surface area contributed by atoms with Gasteiger partial charge in [0.15, 0.2) is 0 Å². The summed E-state index contributed by atoms with van der Waals surface area (Å²) in [6.45, 7) is 2.11. The summed E-state index contributed by atoms with van der Waals surface area (Å²) in [5, 5.41) is 12.3. The highest BCUT2D eigenvalue weighted by molar-refractivity contribution is 6.32. The van der Waals surface area contributed by atoms with Crippen molar-refractivity contribution in [3.8, 4) is 16.9 Å². The molecular weight excluding hydrogens is 256 g/mol. The van der Waals surface area contributed by atoms with E-state index in [2.05, 4.69) is 31.2 Å². The van der Waals surface area contributed by atoms with Crippen molar-refractivity contribution in [2.45, 2.75) is 6.92 Å². The average molecular weight is 269 g/mol. The normalized spacial score (nSPS) is 10.8. The van der Waals surface area contributed by atoms with E-state index in [0.717, 1.165) is 11.1 Å². The van der Waals surface area contributed by atoms with Gasteiger partial charge in [-0.25, -0.2) is 0 Å². The van der Waals surface area contributed by atoms with Crippen LogP contribution in [0.4, 0.5) is 0 Å². The molecule has 2 heteroatoms. The molecule has 3 aromatic rings. The molecule has 19 heavy (non-hydrogen) atoms. The molecule has 0 unspecified atom stereocenters. The molecule has 94 valence electrons. The van der Waals surface area contributed by atoms with E-state index >= 15 is 0 Å². The minimum atomic E-state index is 0.113. The quantitative estimate of drug-likeness (QED) is 0.645. The standard InChI is InChI=1S/C17H13ClO/c1-11-6-8-14(15-5-3-2-4-13(11)15)12-7-9-17(19)16(18)10-12/h2-10,19H,1H3. The molecule has 1 nitrogen and oxygen atoms in total. The maximum absolute atomic E-state index is 9.52. The first kappa shape index (κ1) is 12.1. The molecule has 0 aliphatic rings. The van der Waals surface area contributed by atoms with Crippen molar-refractivity contribution in [1.29, 1.82) is 0 Å². The highest BCUT2D eigenvalue weighted by Gasteiger charge is 2.07. The Hall–Kier alpha value is -1.99. The molecule has 0 aliphatic heterocycles. The Labute approximate surface area is 117 Å². The molecule has 3 aromatic carbocycles. The summed E-state index contributed by atoms with van der Waals surface area (Å²) in [4.78, 5) is 0. The van der Waals surface area contributed by atoms with E-state index in [9.17, 15) is 5.11 Å². The van der Waals surface area contributed by atoms with E-state index in [4.69, 9.17) is 11.6 Å². The van der Waals surface area contributed by atoms with Crippen LogP contribution < -0.4 is 0 Å². The molecule has 0 radical (unpaired) electrons. The fourth-order valence-electron chi connectivity index (χ4n) is 2.38. The Bertz CT molecular complexity index is 762. The fraction of sp³-hybridized carbons (Fsp3) is 0.0588. The lowest BCUT2D eigenvalue weighted by atomic mass is 9.95. The van der Waals surface area contributed by atoms with Crippen LogP contribution in [0.5, 0.6) is 5.75 Å². The molecule has 0 bridgehead atoms. The molecular formula is C17H13ClO. The van der Waals surface area contributed by atoms with Gasteiger partial charge in [-0.3, -0.25) is 0 Å². The number of halogens is 1. The summed E-state index contributed by atoms with van der Waals surface area (Å²) in [7, 11) is 0. The van der Waals surface area contributed by atoms with Crippen molar-refractivity contribution in [3.05, 3.63) is 65.2 Å². The second-order valence-corrected chi connectivity index (χ2v) is 5.05. The second-order valence-electron chi connectivity index (χ2n) is 4.64. The van der Waals surface area contributed by atoms with Crippen LogP contribution in [0.1, 0.15) is 5.56 Å². The number of aromatic hydroxyl groups is 1. The molecule has 0 aromatic heterocycles. The highest BCUT2D eigenvalue weighted by atomic mass is 35.5. The molecule has 0 atom stereocenters. The molecule has 0 saturated carbocycles. The Balaban J connectivity index is 2.31. The minimum Gasteiger partial charge on any atom is -0.506 e. The summed E-state index contributed by atoms with van der Waals surface area (Å²) in [6, 6.07) is 17.8. The van der Waals surface area contributed by atoms with Crippen LogP contribution in [-0.2, 0) is 0 Å². The Kier molecular flexibility index (Phi) is 2.92. The zero-order valence-corrected chi connectivity index (χ0v) is 11.3. The number of benzene rings is 3. The van der Waals surface area contributed by atoms with Gasteiger partial charge in [-0.15, -0.1) is 0 Å². The average Bonchev–Trinajstić information content (AvgIpc) is 2.43. The van der Waals surface area contributed by atoms with E-state index < -0.39 is 0 Å². The number of phenols is 1. The third-order valence-corrected chi connectivity index (χ3v) is 3.70. The number of phenolic OH excluding ortho intramolecular Hbond substituents is 1. The summed E-state index contributed by atoms with van der Waals surface area (Å²) >= 11 is 6.00. The molecule has 0 heterocycles. The van der Waals surface area contributed by atoms with E-state index in [-0.39, 0.29) is 5.75 Å². The first-order valence-corrected chi connectivity index (χ1v) is 6.52. The van der Waals surface area contributed by atoms with E-state index in [1.54, 1.807) is 12.1 Å². The van der Waals surface area contributed by atoms with Gasteiger partial charge in [0, 0.05) is 0 Å². The van der Waals surface area contributed by atoms with Crippen LogP contribution in [0.15, 0.2) is 54.6 Å². The largest absolute Gasteiger partial charge is 0.506 e. The van der Waals surface area contributed by atoms with E-state index in [0.29, 0.717) is 5.02 Å². The number of hydrogen-bond donors (Lipinski definition) is 1. The third kappa shape index (κ3) is 2.06. The van der Waals surface area contributed by atoms with Crippen molar-refractivity contribution < 1.29 is 5.11 Å². The van der Waals surface area contributed by atoms with Crippen LogP contribution in [0.25, 0.3) is 21.9 Å². The molecule has 0 aliphatic carbocycles. The van der Waals surface area contributed by atoms with Crippen LogP contribution in [0.3, 0.4) is 0 Å². The monoisotopic (exact) mass is 268 g/mol. The maximum Gasteiger partial charge on any atom is 0.134 e. The fourth-order valence-corrected chi connectivity index (χ4v) is 2.56. The maximum atomic E-state index is 9.52. The lowest BCUT2D eigenvalue weighted by Gasteiger charge is -2.10. The van der Waals surface area contributed by atoms with Crippen molar-refractivity contribution >= 4 is 22.4 Å². The number of hydrogen-bond acceptors (Lipinski definition) is 1. The van der Waals surface area contributed by atoms with Gasteiger partial charge in [-0.2, -0.15) is 0 Å². The van der Waals surface area contributed by atoms with Gasteiger partial charge in [0.2, 0.25) is 0 Å².